The SMILES string of the molecule is CCCN(CC(=O)O)C(=O)c1ccc(NC(=O)OCC2c3ccccc3-c3ccccc32)c(I)c1. The van der Waals surface area contributed by atoms with Gasteiger partial charge in [0.2, 0.25) is 0 Å². The first kappa shape index (κ1) is 24.7. The number of nitrogens with one attached hydrogen (secondary N) is 1. The van der Waals surface area contributed by atoms with Crippen molar-refractivity contribution in [3.8, 4) is 11.1 Å². The summed E-state index contributed by atoms with van der Waals surface area (Å²) in [7, 11) is 0. The van der Waals surface area contributed by atoms with Crippen LogP contribution in [0.1, 0.15) is 40.7 Å². The van der Waals surface area contributed by atoms with Gasteiger partial charge in [-0.05, 0) is 69.5 Å². The third-order valence-electron chi connectivity index (χ3n) is 5.90. The second-order valence-electron chi connectivity index (χ2n) is 8.27. The summed E-state index contributed by atoms with van der Waals surface area (Å²) < 4.78 is 6.24. The molecule has 7 nitrogen and oxygen atoms in total. The minimum absolute atomic E-state index is 0.0361. The summed E-state index contributed by atoms with van der Waals surface area (Å²) in [6, 6.07) is 21.1. The van der Waals surface area contributed by atoms with E-state index in [2.05, 4.69) is 29.6 Å². The first-order chi connectivity index (χ1) is 16.9. The predicted octanol–water partition coefficient (Wildman–Crippen LogP) is 5.59. The number of carboxylic acids is 1. The highest BCUT2D eigenvalue weighted by Gasteiger charge is 2.29. The third kappa shape index (κ3) is 5.48. The van der Waals surface area contributed by atoms with E-state index in [-0.39, 0.29) is 25.0 Å². The average Bonchev–Trinajstić information content (AvgIpc) is 3.17. The molecule has 3 aromatic carbocycles. The first-order valence-electron chi connectivity index (χ1n) is 11.3. The van der Waals surface area contributed by atoms with Gasteiger partial charge < -0.3 is 14.7 Å². The highest BCUT2D eigenvalue weighted by molar-refractivity contribution is 14.1. The number of carbonyl (C=O) groups excluding carboxylic acids is 2. The van der Waals surface area contributed by atoms with Crippen molar-refractivity contribution < 1.29 is 24.2 Å². The molecule has 180 valence electrons. The average molecular weight is 584 g/mol. The lowest BCUT2D eigenvalue weighted by atomic mass is 9.98. The Morgan fingerprint density at radius 2 is 1.63 bits per heavy atom. The van der Waals surface area contributed by atoms with Crippen molar-refractivity contribution in [1.82, 2.24) is 4.90 Å². The zero-order valence-electron chi connectivity index (χ0n) is 19.2. The zero-order chi connectivity index (χ0) is 24.9. The molecular formula is C27H25IN2O5. The molecule has 35 heavy (non-hydrogen) atoms. The maximum atomic E-state index is 12.8. The van der Waals surface area contributed by atoms with E-state index >= 15 is 0 Å². The Balaban J connectivity index is 1.42. The van der Waals surface area contributed by atoms with Crippen LogP contribution in [0.25, 0.3) is 11.1 Å². The number of amides is 2. The predicted molar refractivity (Wildman–Crippen MR) is 142 cm³/mol. The van der Waals surface area contributed by atoms with Crippen molar-refractivity contribution in [1.29, 1.82) is 0 Å². The monoisotopic (exact) mass is 584 g/mol. The molecule has 0 aromatic heterocycles. The number of aliphatic carboxylic acids is 1. The van der Waals surface area contributed by atoms with Gasteiger partial charge in [-0.2, -0.15) is 0 Å². The number of fused-ring (bicyclic) bond motifs is 3. The zero-order valence-corrected chi connectivity index (χ0v) is 21.3. The molecule has 8 heteroatoms. The number of rotatable bonds is 8. The van der Waals surface area contributed by atoms with Crippen LogP contribution >= 0.6 is 22.6 Å². The van der Waals surface area contributed by atoms with Crippen LogP contribution in [0, 0.1) is 3.57 Å². The van der Waals surface area contributed by atoms with Gasteiger partial charge in [-0.1, -0.05) is 55.5 Å². The van der Waals surface area contributed by atoms with Crippen molar-refractivity contribution in [2.75, 3.05) is 25.0 Å². The highest BCUT2D eigenvalue weighted by Crippen LogP contribution is 2.44. The van der Waals surface area contributed by atoms with Gasteiger partial charge in [0.1, 0.15) is 13.2 Å². The number of carbonyl (C=O) groups is 3. The standard InChI is InChI=1S/C27H25IN2O5/c1-2-13-30(15-25(31)32)26(33)17-11-12-24(23(28)14-17)29-27(34)35-16-22-20-9-5-3-7-18(20)19-8-4-6-10-21(19)22/h3-12,14,22H,2,13,15-16H2,1H3,(H,29,34)(H,31,32). The fraction of sp³-hybridized carbons (Fsp3) is 0.222. The Kier molecular flexibility index (Phi) is 7.70. The van der Waals surface area contributed by atoms with Gasteiger partial charge in [-0.3, -0.25) is 14.9 Å². The summed E-state index contributed by atoms with van der Waals surface area (Å²) in [5.74, 6) is -1.46. The number of halogens is 1. The molecule has 0 radical (unpaired) electrons. The first-order valence-corrected chi connectivity index (χ1v) is 12.4. The lowest BCUT2D eigenvalue weighted by Crippen LogP contribution is -2.36. The van der Waals surface area contributed by atoms with Gasteiger partial charge >= 0.3 is 12.1 Å². The molecule has 2 amide bonds. The lowest BCUT2D eigenvalue weighted by Gasteiger charge is -2.20. The van der Waals surface area contributed by atoms with E-state index in [1.54, 1.807) is 18.2 Å². The number of ether oxygens (including phenoxy) is 1. The van der Waals surface area contributed by atoms with Crippen molar-refractivity contribution in [3.05, 3.63) is 87.0 Å². The third-order valence-corrected chi connectivity index (χ3v) is 6.80. The van der Waals surface area contributed by atoms with Gasteiger partial charge in [0, 0.05) is 21.6 Å². The smallest absolute Gasteiger partial charge is 0.411 e. The maximum Gasteiger partial charge on any atom is 0.411 e. The fourth-order valence-corrected chi connectivity index (χ4v) is 5.01. The number of carboxylic acid groups (broad SMARTS) is 1. The van der Waals surface area contributed by atoms with E-state index < -0.39 is 12.1 Å². The Bertz CT molecular complexity index is 1230. The molecule has 0 bridgehead atoms. The summed E-state index contributed by atoms with van der Waals surface area (Å²) in [4.78, 5) is 37.8. The molecule has 3 aromatic rings. The van der Waals surface area contributed by atoms with Crippen molar-refractivity contribution in [2.24, 2.45) is 0 Å². The van der Waals surface area contributed by atoms with E-state index in [0.29, 0.717) is 27.8 Å². The van der Waals surface area contributed by atoms with Crippen LogP contribution in [-0.2, 0) is 9.53 Å². The van der Waals surface area contributed by atoms with E-state index in [0.717, 1.165) is 22.3 Å². The number of hydrogen-bond donors (Lipinski definition) is 2. The minimum atomic E-state index is -1.06. The number of nitrogens with zero attached hydrogens (tertiary/aromatic N) is 1. The molecule has 0 heterocycles. The van der Waals surface area contributed by atoms with E-state index in [1.807, 2.05) is 53.8 Å². The van der Waals surface area contributed by atoms with Gasteiger partial charge in [-0.15, -0.1) is 0 Å². The molecule has 0 atom stereocenters. The molecule has 0 saturated heterocycles. The molecule has 1 aliphatic carbocycles. The van der Waals surface area contributed by atoms with Crippen molar-refractivity contribution in [2.45, 2.75) is 19.3 Å². The van der Waals surface area contributed by atoms with Crippen LogP contribution < -0.4 is 5.32 Å². The Morgan fingerprint density at radius 3 is 2.20 bits per heavy atom. The molecule has 4 rings (SSSR count). The second-order valence-corrected chi connectivity index (χ2v) is 9.43. The summed E-state index contributed by atoms with van der Waals surface area (Å²) in [6.45, 7) is 2.08. The van der Waals surface area contributed by atoms with Crippen LogP contribution in [0.2, 0.25) is 0 Å². The summed E-state index contributed by atoms with van der Waals surface area (Å²) in [5.41, 5.74) is 5.47. The van der Waals surface area contributed by atoms with Crippen LogP contribution in [0.15, 0.2) is 66.7 Å². The Labute approximate surface area is 217 Å². The van der Waals surface area contributed by atoms with Crippen molar-refractivity contribution in [3.63, 3.8) is 0 Å². The quantitative estimate of drug-likeness (QED) is 0.337. The van der Waals surface area contributed by atoms with Crippen LogP contribution in [0.3, 0.4) is 0 Å². The summed E-state index contributed by atoms with van der Waals surface area (Å²) in [5, 5.41) is 11.8. The van der Waals surface area contributed by atoms with E-state index in [9.17, 15) is 14.4 Å². The number of anilines is 1. The minimum Gasteiger partial charge on any atom is -0.480 e. The van der Waals surface area contributed by atoms with Crippen LogP contribution in [0.5, 0.6) is 0 Å². The Hall–Kier alpha value is -3.40. The molecule has 0 spiro atoms. The van der Waals surface area contributed by atoms with E-state index in [4.69, 9.17) is 9.84 Å². The second kappa shape index (κ2) is 10.9. The van der Waals surface area contributed by atoms with Gasteiger partial charge in [0.05, 0.1) is 5.69 Å². The fourth-order valence-electron chi connectivity index (χ4n) is 4.36. The molecule has 0 saturated carbocycles. The molecule has 1 aliphatic rings. The highest BCUT2D eigenvalue weighted by atomic mass is 127. The molecule has 0 aliphatic heterocycles. The van der Waals surface area contributed by atoms with Crippen LogP contribution in [0.4, 0.5) is 10.5 Å². The van der Waals surface area contributed by atoms with Crippen molar-refractivity contribution >= 4 is 46.2 Å². The summed E-state index contributed by atoms with van der Waals surface area (Å²) in [6.07, 6.45) is 0.0692. The largest absolute Gasteiger partial charge is 0.480 e. The topological polar surface area (TPSA) is 95.9 Å². The number of benzene rings is 3. The Morgan fingerprint density at radius 1 is 1.00 bits per heavy atom. The van der Waals surface area contributed by atoms with Gasteiger partial charge in [-0.25, -0.2) is 4.79 Å². The molecular weight excluding hydrogens is 559 g/mol. The lowest BCUT2D eigenvalue weighted by molar-refractivity contribution is -0.137. The molecule has 0 unspecified atom stereocenters. The number of hydrogen-bond acceptors (Lipinski definition) is 4. The molecule has 0 fully saturated rings. The van der Waals surface area contributed by atoms with Crippen LogP contribution in [-0.4, -0.2) is 47.7 Å². The van der Waals surface area contributed by atoms with E-state index in [1.165, 1.54) is 4.90 Å². The van der Waals surface area contributed by atoms with Gasteiger partial charge in [0.25, 0.3) is 5.91 Å². The summed E-state index contributed by atoms with van der Waals surface area (Å²) >= 11 is 2.03. The molecule has 2 N–H and O–H groups in total. The normalized spacial score (nSPS) is 11.9. The maximum absolute atomic E-state index is 12.8. The van der Waals surface area contributed by atoms with Gasteiger partial charge in [0.15, 0.2) is 0 Å².